The van der Waals surface area contributed by atoms with Crippen molar-refractivity contribution in [2.24, 2.45) is 5.92 Å². The Labute approximate surface area is 92.0 Å². The Morgan fingerprint density at radius 2 is 1.93 bits per heavy atom. The summed E-state index contributed by atoms with van der Waals surface area (Å²) in [6.45, 7) is 5.86. The number of hydrogen-bond acceptors (Lipinski definition) is 3. The molecule has 0 aromatic carbocycles. The Morgan fingerprint density at radius 3 is 2.27 bits per heavy atom. The standard InChI is InChI=1S/C11H22N2O2/c1-8(2)6-10(12-4)11(15)13(5)9(3)7-14/h7-10,12H,6H2,1-5H3/t9-,10-/m0/s1. The van der Waals surface area contributed by atoms with Gasteiger partial charge in [0, 0.05) is 7.05 Å². The molecular weight excluding hydrogens is 192 g/mol. The molecule has 0 aliphatic carbocycles. The zero-order chi connectivity index (χ0) is 12.0. The van der Waals surface area contributed by atoms with Gasteiger partial charge in [0.1, 0.15) is 6.29 Å². The first kappa shape index (κ1) is 14.1. The van der Waals surface area contributed by atoms with Gasteiger partial charge < -0.3 is 15.0 Å². The van der Waals surface area contributed by atoms with Crippen molar-refractivity contribution in [3.63, 3.8) is 0 Å². The number of hydrogen-bond donors (Lipinski definition) is 1. The molecule has 2 atom stereocenters. The Kier molecular flexibility index (Phi) is 6.17. The second-order valence-corrected chi connectivity index (χ2v) is 4.30. The van der Waals surface area contributed by atoms with Crippen LogP contribution in [0.2, 0.25) is 0 Å². The van der Waals surface area contributed by atoms with Crippen LogP contribution in [0.5, 0.6) is 0 Å². The van der Waals surface area contributed by atoms with Gasteiger partial charge in [-0.25, -0.2) is 0 Å². The summed E-state index contributed by atoms with van der Waals surface area (Å²) in [6, 6.07) is -0.557. The fraction of sp³-hybridized carbons (Fsp3) is 0.818. The molecular formula is C11H22N2O2. The molecule has 0 unspecified atom stereocenters. The zero-order valence-corrected chi connectivity index (χ0v) is 10.3. The summed E-state index contributed by atoms with van der Waals surface area (Å²) in [5.41, 5.74) is 0. The summed E-state index contributed by atoms with van der Waals surface area (Å²) in [7, 11) is 3.43. The van der Waals surface area contributed by atoms with Crippen LogP contribution in [0, 0.1) is 5.92 Å². The molecule has 0 saturated heterocycles. The summed E-state index contributed by atoms with van der Waals surface area (Å²) in [6.07, 6.45) is 1.56. The van der Waals surface area contributed by atoms with Crippen molar-refractivity contribution in [1.29, 1.82) is 0 Å². The van der Waals surface area contributed by atoms with E-state index in [1.807, 2.05) is 0 Å². The molecule has 0 saturated carbocycles. The molecule has 0 fully saturated rings. The first-order valence-electron chi connectivity index (χ1n) is 5.33. The Morgan fingerprint density at radius 1 is 1.40 bits per heavy atom. The van der Waals surface area contributed by atoms with Crippen LogP contribution >= 0.6 is 0 Å². The van der Waals surface area contributed by atoms with Crippen LogP contribution in [0.15, 0.2) is 0 Å². The fourth-order valence-corrected chi connectivity index (χ4v) is 1.35. The number of carbonyl (C=O) groups excluding carboxylic acids is 2. The highest BCUT2D eigenvalue weighted by molar-refractivity contribution is 5.84. The molecule has 88 valence electrons. The van der Waals surface area contributed by atoms with Gasteiger partial charge in [-0.1, -0.05) is 13.8 Å². The van der Waals surface area contributed by atoms with Crippen molar-refractivity contribution in [1.82, 2.24) is 10.2 Å². The maximum Gasteiger partial charge on any atom is 0.240 e. The minimum absolute atomic E-state index is 0.0224. The Balaban J connectivity index is 4.43. The van der Waals surface area contributed by atoms with Crippen LogP contribution in [-0.2, 0) is 9.59 Å². The number of carbonyl (C=O) groups is 2. The second-order valence-electron chi connectivity index (χ2n) is 4.30. The first-order valence-corrected chi connectivity index (χ1v) is 5.33. The minimum Gasteiger partial charge on any atom is -0.335 e. The van der Waals surface area contributed by atoms with E-state index in [0.29, 0.717) is 5.92 Å². The number of rotatable bonds is 6. The van der Waals surface area contributed by atoms with Gasteiger partial charge in [-0.2, -0.15) is 0 Å². The average molecular weight is 214 g/mol. The van der Waals surface area contributed by atoms with E-state index in [4.69, 9.17) is 0 Å². The highest BCUT2D eigenvalue weighted by Gasteiger charge is 2.23. The van der Waals surface area contributed by atoms with Gasteiger partial charge in [0.05, 0.1) is 12.1 Å². The van der Waals surface area contributed by atoms with Crippen LogP contribution < -0.4 is 5.32 Å². The lowest BCUT2D eigenvalue weighted by atomic mass is 10.0. The lowest BCUT2D eigenvalue weighted by Gasteiger charge is -2.26. The lowest BCUT2D eigenvalue weighted by molar-refractivity contribution is -0.136. The van der Waals surface area contributed by atoms with Gasteiger partial charge in [0.25, 0.3) is 0 Å². The molecule has 4 nitrogen and oxygen atoms in total. The molecule has 0 heterocycles. The third-order valence-electron chi connectivity index (χ3n) is 2.51. The Hall–Kier alpha value is -0.900. The van der Waals surface area contributed by atoms with Crippen LogP contribution in [-0.4, -0.2) is 43.3 Å². The predicted octanol–water partition coefficient (Wildman–Crippen LogP) is 0.666. The van der Waals surface area contributed by atoms with E-state index in [2.05, 4.69) is 19.2 Å². The van der Waals surface area contributed by atoms with Gasteiger partial charge in [-0.15, -0.1) is 0 Å². The van der Waals surface area contributed by atoms with Crippen molar-refractivity contribution in [3.05, 3.63) is 0 Å². The van der Waals surface area contributed by atoms with Crippen molar-refractivity contribution in [3.8, 4) is 0 Å². The van der Waals surface area contributed by atoms with Crippen molar-refractivity contribution >= 4 is 12.2 Å². The largest absolute Gasteiger partial charge is 0.335 e. The van der Waals surface area contributed by atoms with Crippen molar-refractivity contribution in [2.45, 2.75) is 39.3 Å². The molecule has 0 aromatic rings. The summed E-state index contributed by atoms with van der Waals surface area (Å²) in [5.74, 6) is 0.428. The predicted molar refractivity (Wildman–Crippen MR) is 60.6 cm³/mol. The molecule has 0 aliphatic rings. The van der Waals surface area contributed by atoms with Crippen molar-refractivity contribution < 1.29 is 9.59 Å². The third kappa shape index (κ3) is 4.42. The van der Waals surface area contributed by atoms with Gasteiger partial charge in [-0.05, 0) is 26.3 Å². The molecule has 1 N–H and O–H groups in total. The minimum atomic E-state index is -0.361. The molecule has 0 radical (unpaired) electrons. The number of nitrogens with zero attached hydrogens (tertiary/aromatic N) is 1. The van der Waals surface area contributed by atoms with E-state index in [-0.39, 0.29) is 18.0 Å². The highest BCUT2D eigenvalue weighted by Crippen LogP contribution is 2.08. The lowest BCUT2D eigenvalue weighted by Crippen LogP contribution is -2.47. The van der Waals surface area contributed by atoms with Gasteiger partial charge in [-0.3, -0.25) is 4.79 Å². The number of likely N-dealkylation sites (N-methyl/N-ethyl adjacent to an activating group) is 2. The summed E-state index contributed by atoms with van der Waals surface area (Å²) in [5, 5.41) is 2.99. The molecule has 0 aliphatic heterocycles. The second kappa shape index (κ2) is 6.56. The average Bonchev–Trinajstić information content (AvgIpc) is 2.22. The van der Waals surface area contributed by atoms with E-state index in [1.54, 1.807) is 21.0 Å². The van der Waals surface area contributed by atoms with Crippen molar-refractivity contribution in [2.75, 3.05) is 14.1 Å². The highest BCUT2D eigenvalue weighted by atomic mass is 16.2. The maximum absolute atomic E-state index is 11.9. The maximum atomic E-state index is 11.9. The third-order valence-corrected chi connectivity index (χ3v) is 2.51. The smallest absolute Gasteiger partial charge is 0.240 e. The number of aldehydes is 1. The molecule has 0 spiro atoms. The fourth-order valence-electron chi connectivity index (χ4n) is 1.35. The van der Waals surface area contributed by atoms with Gasteiger partial charge in [0.2, 0.25) is 5.91 Å². The molecule has 0 rings (SSSR count). The Bertz CT molecular complexity index is 217. The number of amides is 1. The normalized spacial score (nSPS) is 14.8. The van der Waals surface area contributed by atoms with Gasteiger partial charge in [0.15, 0.2) is 0 Å². The SMILES string of the molecule is CN[C@@H](CC(C)C)C(=O)N(C)[C@@H](C)C=O. The summed E-state index contributed by atoms with van der Waals surface area (Å²) < 4.78 is 0. The summed E-state index contributed by atoms with van der Waals surface area (Å²) >= 11 is 0. The first-order chi connectivity index (χ1) is 6.93. The van der Waals surface area contributed by atoms with Crippen LogP contribution in [0.4, 0.5) is 0 Å². The van der Waals surface area contributed by atoms with E-state index in [9.17, 15) is 9.59 Å². The van der Waals surface area contributed by atoms with Crippen LogP contribution in [0.3, 0.4) is 0 Å². The zero-order valence-electron chi connectivity index (χ0n) is 10.3. The molecule has 1 amide bonds. The summed E-state index contributed by atoms with van der Waals surface area (Å²) in [4.78, 5) is 24.0. The monoisotopic (exact) mass is 214 g/mol. The van der Waals surface area contributed by atoms with Crippen LogP contribution in [0.25, 0.3) is 0 Å². The molecule has 0 aromatic heterocycles. The van der Waals surface area contributed by atoms with Gasteiger partial charge >= 0.3 is 0 Å². The molecule has 15 heavy (non-hydrogen) atoms. The van der Waals surface area contributed by atoms with Crippen LogP contribution in [0.1, 0.15) is 27.2 Å². The van der Waals surface area contributed by atoms with E-state index in [0.717, 1.165) is 12.7 Å². The number of nitrogens with one attached hydrogen (secondary N) is 1. The molecule has 4 heteroatoms. The van der Waals surface area contributed by atoms with E-state index < -0.39 is 0 Å². The molecule has 0 bridgehead atoms. The van der Waals surface area contributed by atoms with E-state index in [1.165, 1.54) is 4.90 Å². The topological polar surface area (TPSA) is 49.4 Å². The van der Waals surface area contributed by atoms with E-state index >= 15 is 0 Å². The quantitative estimate of drug-likeness (QED) is 0.661.